The van der Waals surface area contributed by atoms with Gasteiger partial charge in [0.25, 0.3) is 0 Å². The molecule has 2 amide bonds. The van der Waals surface area contributed by atoms with Gasteiger partial charge in [-0.05, 0) is 11.5 Å². The summed E-state index contributed by atoms with van der Waals surface area (Å²) < 4.78 is 4.87. The Kier molecular flexibility index (Phi) is 8.60. The molecule has 0 aromatic heterocycles. The van der Waals surface area contributed by atoms with Crippen molar-refractivity contribution in [1.29, 1.82) is 0 Å². The van der Waals surface area contributed by atoms with Crippen LogP contribution in [0.25, 0.3) is 0 Å². The molecule has 0 heterocycles. The third-order valence-electron chi connectivity index (χ3n) is 3.63. The minimum atomic E-state index is -1.67. The summed E-state index contributed by atoms with van der Waals surface area (Å²) in [5.74, 6) is -6.76. The summed E-state index contributed by atoms with van der Waals surface area (Å²) in [6.45, 7) is 2.99. The van der Waals surface area contributed by atoms with Crippen molar-refractivity contribution in [3.8, 4) is 0 Å². The Labute approximate surface area is 160 Å². The van der Waals surface area contributed by atoms with Crippen LogP contribution in [0.1, 0.15) is 25.8 Å². The molecule has 0 radical (unpaired) electrons. The van der Waals surface area contributed by atoms with E-state index < -0.39 is 54.1 Å². The van der Waals surface area contributed by atoms with Gasteiger partial charge in [0.05, 0.1) is 6.42 Å². The molecule has 10 heteroatoms. The molecule has 0 fully saturated rings. The zero-order valence-corrected chi connectivity index (χ0v) is 15.4. The van der Waals surface area contributed by atoms with Crippen LogP contribution in [0.15, 0.2) is 30.3 Å². The van der Waals surface area contributed by atoms with Crippen LogP contribution in [0, 0.1) is 5.92 Å². The van der Waals surface area contributed by atoms with E-state index in [9.17, 15) is 24.0 Å². The van der Waals surface area contributed by atoms with Crippen molar-refractivity contribution in [2.45, 2.75) is 39.0 Å². The Morgan fingerprint density at radius 2 is 1.61 bits per heavy atom. The number of carbonyl (C=O) groups excluding carboxylic acids is 3. The molecule has 4 N–H and O–H groups in total. The van der Waals surface area contributed by atoms with E-state index in [1.54, 1.807) is 44.2 Å². The molecule has 0 spiro atoms. The van der Waals surface area contributed by atoms with Gasteiger partial charge in [-0.1, -0.05) is 44.2 Å². The van der Waals surface area contributed by atoms with Gasteiger partial charge < -0.3 is 25.6 Å². The molecule has 0 saturated carbocycles. The number of ether oxygens (including phenoxy) is 1. The summed E-state index contributed by atoms with van der Waals surface area (Å²) in [5, 5.41) is 21.9. The highest BCUT2D eigenvalue weighted by molar-refractivity contribution is 6.32. The van der Waals surface area contributed by atoms with E-state index in [1.807, 2.05) is 5.32 Å². The van der Waals surface area contributed by atoms with E-state index in [4.69, 9.17) is 14.9 Å². The smallest absolute Gasteiger partial charge is 0.397 e. The zero-order chi connectivity index (χ0) is 21.3. The summed E-state index contributed by atoms with van der Waals surface area (Å²) in [6.07, 6.45) is -0.834. The van der Waals surface area contributed by atoms with Gasteiger partial charge in [0.2, 0.25) is 5.91 Å². The highest BCUT2D eigenvalue weighted by Gasteiger charge is 2.31. The van der Waals surface area contributed by atoms with Gasteiger partial charge >= 0.3 is 23.8 Å². The van der Waals surface area contributed by atoms with Gasteiger partial charge in [0, 0.05) is 0 Å². The minimum absolute atomic E-state index is 0.134. The molecule has 0 aliphatic carbocycles. The SMILES string of the molecule is CC(C)[C@H](NC(=O)C(=O)OCc1ccccc1)C(=O)N[C@@H](CC(=O)O)C(=O)O. The number of benzene rings is 1. The standard InChI is InChI=1S/C18H22N2O8/c1-10(2)14(15(23)19-12(17(25)26)8-13(21)22)20-16(24)18(27)28-9-11-6-4-3-5-7-11/h3-7,10,12,14H,8-9H2,1-2H3,(H,19,23)(H,20,24)(H,21,22)(H,25,26)/t12-,14-/m0/s1. The second-order valence-electron chi connectivity index (χ2n) is 6.25. The molecule has 152 valence electrons. The Morgan fingerprint density at radius 1 is 1.00 bits per heavy atom. The van der Waals surface area contributed by atoms with Crippen molar-refractivity contribution in [3.05, 3.63) is 35.9 Å². The summed E-state index contributed by atoms with van der Waals surface area (Å²) in [7, 11) is 0. The van der Waals surface area contributed by atoms with Crippen molar-refractivity contribution in [3.63, 3.8) is 0 Å². The van der Waals surface area contributed by atoms with Crippen molar-refractivity contribution >= 4 is 29.7 Å². The lowest BCUT2D eigenvalue weighted by Crippen LogP contribution is -2.55. The zero-order valence-electron chi connectivity index (χ0n) is 15.4. The molecule has 2 atom stereocenters. The van der Waals surface area contributed by atoms with Gasteiger partial charge in [-0.3, -0.25) is 14.4 Å². The molecule has 1 aromatic carbocycles. The molecule has 0 aliphatic heterocycles. The first kappa shape index (κ1) is 22.6. The maximum Gasteiger partial charge on any atom is 0.397 e. The number of hydrogen-bond donors (Lipinski definition) is 4. The Hall–Kier alpha value is -3.43. The van der Waals surface area contributed by atoms with Crippen LogP contribution in [-0.4, -0.2) is 52.0 Å². The first-order chi connectivity index (χ1) is 13.1. The topological polar surface area (TPSA) is 159 Å². The summed E-state index contributed by atoms with van der Waals surface area (Å²) in [5.41, 5.74) is 0.666. The summed E-state index contributed by atoms with van der Waals surface area (Å²) in [6, 6.07) is 5.71. The third-order valence-corrected chi connectivity index (χ3v) is 3.63. The van der Waals surface area contributed by atoms with Crippen LogP contribution in [0.5, 0.6) is 0 Å². The maximum atomic E-state index is 12.3. The quantitative estimate of drug-likeness (QED) is 0.334. The average Bonchev–Trinajstić information content (AvgIpc) is 2.63. The first-order valence-corrected chi connectivity index (χ1v) is 8.38. The lowest BCUT2D eigenvalue weighted by molar-refractivity contribution is -0.156. The van der Waals surface area contributed by atoms with Crippen LogP contribution in [0.2, 0.25) is 0 Å². The molecular formula is C18H22N2O8. The molecule has 0 unspecified atom stereocenters. The van der Waals surface area contributed by atoms with Crippen LogP contribution in [0.4, 0.5) is 0 Å². The Balaban J connectivity index is 2.70. The average molecular weight is 394 g/mol. The van der Waals surface area contributed by atoms with Crippen LogP contribution in [-0.2, 0) is 35.3 Å². The summed E-state index contributed by atoms with van der Waals surface area (Å²) >= 11 is 0. The molecule has 10 nitrogen and oxygen atoms in total. The number of carboxylic acid groups (broad SMARTS) is 2. The number of carboxylic acids is 2. The summed E-state index contributed by atoms with van der Waals surface area (Å²) in [4.78, 5) is 57.9. The second kappa shape index (κ2) is 10.7. The van der Waals surface area contributed by atoms with E-state index in [2.05, 4.69) is 5.32 Å². The van der Waals surface area contributed by atoms with Crippen molar-refractivity contribution < 1.29 is 38.9 Å². The number of rotatable bonds is 9. The predicted octanol–water partition coefficient (Wildman–Crippen LogP) is -0.0853. The highest BCUT2D eigenvalue weighted by atomic mass is 16.5. The first-order valence-electron chi connectivity index (χ1n) is 8.38. The van der Waals surface area contributed by atoms with Crippen LogP contribution >= 0.6 is 0 Å². The predicted molar refractivity (Wildman–Crippen MR) is 94.8 cm³/mol. The van der Waals surface area contributed by atoms with Crippen LogP contribution in [0.3, 0.4) is 0 Å². The van der Waals surface area contributed by atoms with E-state index in [-0.39, 0.29) is 6.61 Å². The Morgan fingerprint density at radius 3 is 2.11 bits per heavy atom. The molecule has 28 heavy (non-hydrogen) atoms. The van der Waals surface area contributed by atoms with Crippen molar-refractivity contribution in [1.82, 2.24) is 10.6 Å². The van der Waals surface area contributed by atoms with Crippen molar-refractivity contribution in [2.24, 2.45) is 5.92 Å². The second-order valence-corrected chi connectivity index (χ2v) is 6.25. The number of amides is 2. The fourth-order valence-electron chi connectivity index (χ4n) is 2.16. The van der Waals surface area contributed by atoms with E-state index >= 15 is 0 Å². The molecule has 0 saturated heterocycles. The number of nitrogens with one attached hydrogen (secondary N) is 2. The van der Waals surface area contributed by atoms with Crippen LogP contribution < -0.4 is 10.6 Å². The monoisotopic (exact) mass is 394 g/mol. The van der Waals surface area contributed by atoms with Gasteiger partial charge in [-0.2, -0.15) is 0 Å². The third kappa shape index (κ3) is 7.44. The molecule has 0 aliphatic rings. The fraction of sp³-hybridized carbons (Fsp3) is 0.389. The highest BCUT2D eigenvalue weighted by Crippen LogP contribution is 2.05. The van der Waals surface area contributed by atoms with Gasteiger partial charge in [0.1, 0.15) is 18.7 Å². The number of aliphatic carboxylic acids is 2. The van der Waals surface area contributed by atoms with E-state index in [1.165, 1.54) is 0 Å². The molecule has 1 rings (SSSR count). The van der Waals surface area contributed by atoms with E-state index in [0.717, 1.165) is 0 Å². The lowest BCUT2D eigenvalue weighted by Gasteiger charge is -2.23. The number of carbonyl (C=O) groups is 5. The van der Waals surface area contributed by atoms with Gasteiger partial charge in [-0.25, -0.2) is 9.59 Å². The number of esters is 1. The Bertz CT molecular complexity index is 732. The van der Waals surface area contributed by atoms with Gasteiger partial charge in [-0.15, -0.1) is 0 Å². The molecule has 0 bridgehead atoms. The van der Waals surface area contributed by atoms with E-state index in [0.29, 0.717) is 5.56 Å². The van der Waals surface area contributed by atoms with Crippen molar-refractivity contribution in [2.75, 3.05) is 0 Å². The minimum Gasteiger partial charge on any atom is -0.481 e. The molecule has 1 aromatic rings. The largest absolute Gasteiger partial charge is 0.481 e. The maximum absolute atomic E-state index is 12.3. The lowest BCUT2D eigenvalue weighted by atomic mass is 10.0. The fourth-order valence-corrected chi connectivity index (χ4v) is 2.16. The molecular weight excluding hydrogens is 372 g/mol. The van der Waals surface area contributed by atoms with Gasteiger partial charge in [0.15, 0.2) is 0 Å². The number of hydrogen-bond acceptors (Lipinski definition) is 6. The normalized spacial score (nSPS) is 12.5.